The quantitative estimate of drug-likeness (QED) is 0.610. The Morgan fingerprint density at radius 3 is 2.56 bits per heavy atom. The molecular weight excluding hydrogens is 222 g/mol. The van der Waals surface area contributed by atoms with Gasteiger partial charge in [0.05, 0.1) is 5.54 Å². The highest BCUT2D eigenvalue weighted by Gasteiger charge is 2.25. The van der Waals surface area contributed by atoms with Gasteiger partial charge in [-0.15, -0.1) is 0 Å². The van der Waals surface area contributed by atoms with E-state index in [9.17, 15) is 0 Å². The van der Waals surface area contributed by atoms with Gasteiger partial charge in [-0.25, -0.2) is 4.99 Å². The Balaban J connectivity index is 2.03. The van der Waals surface area contributed by atoms with Gasteiger partial charge in [0.2, 0.25) is 0 Å². The molecule has 0 amide bonds. The maximum Gasteiger partial charge on any atom is 0.191 e. The van der Waals surface area contributed by atoms with E-state index in [1.54, 1.807) is 0 Å². The molecule has 1 atom stereocenters. The molecule has 0 radical (unpaired) electrons. The highest BCUT2D eigenvalue weighted by atomic mass is 15.3. The van der Waals surface area contributed by atoms with Gasteiger partial charge in [0.25, 0.3) is 0 Å². The molecule has 1 aromatic rings. The lowest BCUT2D eigenvalue weighted by molar-refractivity contribution is 0.482. The molecule has 1 aromatic carbocycles. The van der Waals surface area contributed by atoms with Crippen LogP contribution in [0, 0.1) is 0 Å². The van der Waals surface area contributed by atoms with Gasteiger partial charge < -0.3 is 10.6 Å². The number of benzene rings is 1. The van der Waals surface area contributed by atoms with Crippen LogP contribution in [-0.4, -0.2) is 29.5 Å². The van der Waals surface area contributed by atoms with Crippen molar-refractivity contribution < 1.29 is 0 Å². The van der Waals surface area contributed by atoms with Crippen LogP contribution in [0.3, 0.4) is 0 Å². The van der Waals surface area contributed by atoms with Crippen molar-refractivity contribution in [1.29, 1.82) is 0 Å². The molecule has 1 aliphatic rings. The van der Waals surface area contributed by atoms with Crippen LogP contribution in [0.2, 0.25) is 0 Å². The number of hydrogen-bond donors (Lipinski definition) is 1. The predicted molar refractivity (Wildman–Crippen MR) is 76.7 cm³/mol. The van der Waals surface area contributed by atoms with Crippen molar-refractivity contribution in [3.8, 4) is 0 Å². The number of nitrogens with two attached hydrogens (primary N) is 1. The van der Waals surface area contributed by atoms with Gasteiger partial charge in [-0.05, 0) is 32.8 Å². The Morgan fingerprint density at radius 2 is 1.94 bits per heavy atom. The molecule has 0 aliphatic carbocycles. The van der Waals surface area contributed by atoms with Gasteiger partial charge in [-0.1, -0.05) is 30.3 Å². The topological polar surface area (TPSA) is 41.6 Å². The summed E-state index contributed by atoms with van der Waals surface area (Å²) in [7, 11) is 0. The standard InChI is InChI=1S/C15H23N3/c1-15(2,3)17-14(16)18-10-9-13(11-18)12-7-5-4-6-8-12/h4-8,13H,9-11H2,1-3H3,(H2,16,17). The van der Waals surface area contributed by atoms with Crippen LogP contribution in [0.5, 0.6) is 0 Å². The average molecular weight is 245 g/mol. The molecular formula is C15H23N3. The minimum atomic E-state index is -0.102. The molecule has 0 bridgehead atoms. The lowest BCUT2D eigenvalue weighted by atomic mass is 9.99. The van der Waals surface area contributed by atoms with Crippen molar-refractivity contribution in [3.63, 3.8) is 0 Å². The summed E-state index contributed by atoms with van der Waals surface area (Å²) >= 11 is 0. The first kappa shape index (κ1) is 12.9. The maximum absolute atomic E-state index is 6.08. The van der Waals surface area contributed by atoms with Crippen molar-refractivity contribution in [2.75, 3.05) is 13.1 Å². The number of nitrogens with zero attached hydrogens (tertiary/aromatic N) is 2. The Kier molecular flexibility index (Phi) is 3.60. The van der Waals surface area contributed by atoms with E-state index in [0.717, 1.165) is 19.5 Å². The van der Waals surface area contributed by atoms with Crippen LogP contribution < -0.4 is 5.73 Å². The zero-order valence-electron chi connectivity index (χ0n) is 11.6. The van der Waals surface area contributed by atoms with Gasteiger partial charge in [-0.3, -0.25) is 0 Å². The normalized spacial score (nSPS) is 21.4. The van der Waals surface area contributed by atoms with E-state index >= 15 is 0 Å². The van der Waals surface area contributed by atoms with Crippen molar-refractivity contribution in [2.24, 2.45) is 10.7 Å². The van der Waals surface area contributed by atoms with Gasteiger partial charge >= 0.3 is 0 Å². The van der Waals surface area contributed by atoms with E-state index in [0.29, 0.717) is 11.9 Å². The van der Waals surface area contributed by atoms with Crippen LogP contribution in [0.25, 0.3) is 0 Å². The smallest absolute Gasteiger partial charge is 0.191 e. The van der Waals surface area contributed by atoms with E-state index in [1.807, 2.05) is 0 Å². The first-order chi connectivity index (χ1) is 8.46. The van der Waals surface area contributed by atoms with E-state index in [-0.39, 0.29) is 5.54 Å². The zero-order valence-corrected chi connectivity index (χ0v) is 11.6. The molecule has 0 spiro atoms. The lowest BCUT2D eigenvalue weighted by Gasteiger charge is -2.21. The summed E-state index contributed by atoms with van der Waals surface area (Å²) in [4.78, 5) is 6.74. The molecule has 98 valence electrons. The monoisotopic (exact) mass is 245 g/mol. The second-order valence-electron chi connectivity index (χ2n) is 5.98. The third-order valence-electron chi connectivity index (χ3n) is 3.23. The summed E-state index contributed by atoms with van der Waals surface area (Å²) in [6.07, 6.45) is 1.16. The first-order valence-corrected chi connectivity index (χ1v) is 6.61. The van der Waals surface area contributed by atoms with E-state index in [2.05, 4.69) is 61.0 Å². The molecule has 3 heteroatoms. The molecule has 1 saturated heterocycles. The number of likely N-dealkylation sites (tertiary alicyclic amines) is 1. The fourth-order valence-corrected chi connectivity index (χ4v) is 2.38. The van der Waals surface area contributed by atoms with Crippen LogP contribution >= 0.6 is 0 Å². The van der Waals surface area contributed by atoms with Crippen LogP contribution in [0.15, 0.2) is 35.3 Å². The number of aliphatic imine (C=N–C) groups is 1. The Bertz CT molecular complexity index is 417. The first-order valence-electron chi connectivity index (χ1n) is 6.61. The van der Waals surface area contributed by atoms with E-state index < -0.39 is 0 Å². The Morgan fingerprint density at radius 1 is 1.28 bits per heavy atom. The fourth-order valence-electron chi connectivity index (χ4n) is 2.38. The number of hydrogen-bond acceptors (Lipinski definition) is 1. The summed E-state index contributed by atoms with van der Waals surface area (Å²) in [5.74, 6) is 1.26. The predicted octanol–water partition coefficient (Wildman–Crippen LogP) is 2.59. The van der Waals surface area contributed by atoms with Gasteiger partial charge in [0.15, 0.2) is 5.96 Å². The molecule has 2 N–H and O–H groups in total. The highest BCUT2D eigenvalue weighted by Crippen LogP contribution is 2.26. The average Bonchev–Trinajstić information content (AvgIpc) is 2.77. The molecule has 1 heterocycles. The summed E-state index contributed by atoms with van der Waals surface area (Å²) in [5, 5.41) is 0. The summed E-state index contributed by atoms with van der Waals surface area (Å²) in [6, 6.07) is 10.7. The minimum Gasteiger partial charge on any atom is -0.370 e. The summed E-state index contributed by atoms with van der Waals surface area (Å²) < 4.78 is 0. The highest BCUT2D eigenvalue weighted by molar-refractivity contribution is 5.78. The Hall–Kier alpha value is -1.51. The minimum absolute atomic E-state index is 0.102. The maximum atomic E-state index is 6.08. The number of guanidine groups is 1. The van der Waals surface area contributed by atoms with Gasteiger partial charge in [0.1, 0.15) is 0 Å². The number of rotatable bonds is 1. The van der Waals surface area contributed by atoms with Gasteiger partial charge in [0, 0.05) is 19.0 Å². The molecule has 1 fully saturated rings. The van der Waals surface area contributed by atoms with Crippen molar-refractivity contribution in [3.05, 3.63) is 35.9 Å². The van der Waals surface area contributed by atoms with Crippen molar-refractivity contribution in [2.45, 2.75) is 38.6 Å². The van der Waals surface area contributed by atoms with Crippen molar-refractivity contribution >= 4 is 5.96 Å². The molecule has 1 aliphatic heterocycles. The van der Waals surface area contributed by atoms with Crippen LogP contribution in [0.1, 0.15) is 38.7 Å². The SMILES string of the molecule is CC(C)(C)N=C(N)N1CCC(c2ccccc2)C1. The molecule has 0 aromatic heterocycles. The fraction of sp³-hybridized carbons (Fsp3) is 0.533. The molecule has 3 nitrogen and oxygen atoms in total. The summed E-state index contributed by atoms with van der Waals surface area (Å²) in [6.45, 7) is 8.21. The van der Waals surface area contributed by atoms with Crippen LogP contribution in [0.4, 0.5) is 0 Å². The van der Waals surface area contributed by atoms with Gasteiger partial charge in [-0.2, -0.15) is 0 Å². The lowest BCUT2D eigenvalue weighted by Crippen LogP contribution is -2.37. The molecule has 1 unspecified atom stereocenters. The summed E-state index contributed by atoms with van der Waals surface area (Å²) in [5.41, 5.74) is 7.39. The Labute approximate surface area is 110 Å². The molecule has 0 saturated carbocycles. The second kappa shape index (κ2) is 5.01. The zero-order chi connectivity index (χ0) is 13.2. The van der Waals surface area contributed by atoms with Crippen LogP contribution in [-0.2, 0) is 0 Å². The van der Waals surface area contributed by atoms with E-state index in [4.69, 9.17) is 5.73 Å². The van der Waals surface area contributed by atoms with E-state index in [1.165, 1.54) is 5.56 Å². The molecule has 18 heavy (non-hydrogen) atoms. The third kappa shape index (κ3) is 3.25. The third-order valence-corrected chi connectivity index (χ3v) is 3.23. The molecule has 2 rings (SSSR count). The largest absolute Gasteiger partial charge is 0.370 e. The van der Waals surface area contributed by atoms with Crippen molar-refractivity contribution in [1.82, 2.24) is 4.90 Å². The second-order valence-corrected chi connectivity index (χ2v) is 5.98.